The van der Waals surface area contributed by atoms with Gasteiger partial charge in [-0.25, -0.2) is 0 Å². The van der Waals surface area contributed by atoms with Crippen molar-refractivity contribution in [3.8, 4) is 0 Å². The van der Waals surface area contributed by atoms with Gasteiger partial charge in [0.05, 0.1) is 18.8 Å². The Kier molecular flexibility index (Phi) is 11.5. The van der Waals surface area contributed by atoms with Crippen LogP contribution in [-0.2, 0) is 25.7 Å². The number of benzene rings is 1. The average molecular weight is 451 g/mol. The predicted octanol–water partition coefficient (Wildman–Crippen LogP) is 0.0716. The van der Waals surface area contributed by atoms with Gasteiger partial charge in [-0.15, -0.1) is 0 Å². The molecule has 0 aromatic heterocycles. The molecule has 4 atom stereocenters. The number of ether oxygens (including phenoxy) is 1. The summed E-state index contributed by atoms with van der Waals surface area (Å²) in [5, 5.41) is 15.1. The first-order chi connectivity index (χ1) is 15.0. The molecule has 9 nitrogen and oxygen atoms in total. The molecular formula is C23H38N4O5. The van der Waals surface area contributed by atoms with Crippen LogP contribution in [0, 0.1) is 19.8 Å². The number of hydrogen-bond acceptors (Lipinski definition) is 7. The Bertz CT molecular complexity index is 761. The summed E-state index contributed by atoms with van der Waals surface area (Å²) in [6, 6.07) is 3.80. The van der Waals surface area contributed by atoms with Gasteiger partial charge in [0.1, 0.15) is 12.1 Å². The highest BCUT2D eigenvalue weighted by molar-refractivity contribution is 5.94. The van der Waals surface area contributed by atoms with Gasteiger partial charge in [0, 0.05) is 12.5 Å². The van der Waals surface area contributed by atoms with E-state index in [1.165, 1.54) is 6.92 Å². The molecule has 1 aromatic carbocycles. The summed E-state index contributed by atoms with van der Waals surface area (Å²) in [5.41, 5.74) is 14.3. The van der Waals surface area contributed by atoms with Crippen molar-refractivity contribution in [3.05, 3.63) is 34.9 Å². The van der Waals surface area contributed by atoms with Gasteiger partial charge in [-0.05, 0) is 39.3 Å². The Hall–Kier alpha value is -2.33. The summed E-state index contributed by atoms with van der Waals surface area (Å²) in [6.07, 6.45) is -1.87. The van der Waals surface area contributed by atoms with Crippen molar-refractivity contribution in [2.45, 2.75) is 71.9 Å². The van der Waals surface area contributed by atoms with Gasteiger partial charge in [-0.2, -0.15) is 0 Å². The van der Waals surface area contributed by atoms with E-state index in [-0.39, 0.29) is 37.8 Å². The molecule has 180 valence electrons. The Morgan fingerprint density at radius 1 is 1.00 bits per heavy atom. The van der Waals surface area contributed by atoms with Crippen molar-refractivity contribution in [2.24, 2.45) is 17.4 Å². The zero-order valence-electron chi connectivity index (χ0n) is 19.7. The van der Waals surface area contributed by atoms with E-state index in [4.69, 9.17) is 16.2 Å². The maximum absolute atomic E-state index is 12.8. The maximum Gasteiger partial charge on any atom is 0.249 e. The number of amides is 2. The van der Waals surface area contributed by atoms with Crippen LogP contribution in [0.5, 0.6) is 0 Å². The minimum Gasteiger partial charge on any atom is -0.391 e. The number of aliphatic hydroxyl groups is 1. The lowest BCUT2D eigenvalue weighted by molar-refractivity contribution is -0.140. The SMILES string of the molecule is Cc1cc(C)cc(CO[C@@H](CCN)C(=O)N[C@H](C(=O)N[C@@H](CN)C(=O)C(C)C)C(C)O)c1. The number of nitrogens with one attached hydrogen (secondary N) is 2. The lowest BCUT2D eigenvalue weighted by Crippen LogP contribution is -2.59. The average Bonchev–Trinajstić information content (AvgIpc) is 2.71. The molecule has 0 saturated heterocycles. The van der Waals surface area contributed by atoms with Crippen LogP contribution >= 0.6 is 0 Å². The second-order valence-electron chi connectivity index (χ2n) is 8.45. The molecule has 1 aromatic rings. The van der Waals surface area contributed by atoms with Gasteiger partial charge in [0.25, 0.3) is 0 Å². The third-order valence-electron chi connectivity index (χ3n) is 4.98. The summed E-state index contributed by atoms with van der Waals surface area (Å²) in [7, 11) is 0. The molecule has 7 N–H and O–H groups in total. The molecule has 0 aliphatic rings. The van der Waals surface area contributed by atoms with Gasteiger partial charge in [0.2, 0.25) is 11.8 Å². The third-order valence-corrected chi connectivity index (χ3v) is 4.98. The molecule has 0 fully saturated rings. The van der Waals surface area contributed by atoms with Crippen molar-refractivity contribution in [3.63, 3.8) is 0 Å². The first kappa shape index (κ1) is 27.7. The molecule has 0 radical (unpaired) electrons. The minimum absolute atomic E-state index is 0.0853. The summed E-state index contributed by atoms with van der Waals surface area (Å²) >= 11 is 0. The third kappa shape index (κ3) is 8.66. The molecule has 0 aliphatic heterocycles. The fourth-order valence-electron chi connectivity index (χ4n) is 3.35. The molecular weight excluding hydrogens is 412 g/mol. The van der Waals surface area contributed by atoms with E-state index < -0.39 is 36.1 Å². The summed E-state index contributed by atoms with van der Waals surface area (Å²) in [6.45, 7) is 9.05. The summed E-state index contributed by atoms with van der Waals surface area (Å²) < 4.78 is 5.79. The Labute approximate surface area is 190 Å². The van der Waals surface area contributed by atoms with Crippen LogP contribution < -0.4 is 22.1 Å². The van der Waals surface area contributed by atoms with E-state index in [2.05, 4.69) is 10.6 Å². The van der Waals surface area contributed by atoms with E-state index in [9.17, 15) is 19.5 Å². The van der Waals surface area contributed by atoms with Gasteiger partial charge < -0.3 is 31.9 Å². The summed E-state index contributed by atoms with van der Waals surface area (Å²) in [4.78, 5) is 37.7. The largest absolute Gasteiger partial charge is 0.391 e. The predicted molar refractivity (Wildman–Crippen MR) is 123 cm³/mol. The first-order valence-electron chi connectivity index (χ1n) is 10.9. The standard InChI is InChI=1S/C23H38N4O5/c1-13(2)21(29)18(11-25)26-23(31)20(16(5)28)27-22(30)19(6-7-24)32-12-17-9-14(3)8-15(4)10-17/h8-10,13,16,18-20,28H,6-7,11-12,24-25H2,1-5H3,(H,26,31)(H,27,30)/t16?,18-,19-,20-/m0/s1. The van der Waals surface area contributed by atoms with Crippen LogP contribution in [-0.4, -0.2) is 60.1 Å². The molecule has 2 amide bonds. The van der Waals surface area contributed by atoms with Gasteiger partial charge in [-0.1, -0.05) is 43.2 Å². The van der Waals surface area contributed by atoms with Crippen LogP contribution in [0.1, 0.15) is 43.9 Å². The Balaban J connectivity index is 2.87. The monoisotopic (exact) mass is 450 g/mol. The van der Waals surface area contributed by atoms with Crippen LogP contribution in [0.4, 0.5) is 0 Å². The number of Topliss-reactive ketones (excluding diaryl/α,β-unsaturated/α-hetero) is 1. The fraction of sp³-hybridized carbons (Fsp3) is 0.609. The molecule has 0 saturated carbocycles. The number of ketones is 1. The number of aryl methyl sites for hydroxylation is 2. The quantitative estimate of drug-likeness (QED) is 0.285. The molecule has 9 heteroatoms. The highest BCUT2D eigenvalue weighted by Gasteiger charge is 2.32. The smallest absolute Gasteiger partial charge is 0.249 e. The highest BCUT2D eigenvalue weighted by Crippen LogP contribution is 2.12. The Morgan fingerprint density at radius 2 is 1.59 bits per heavy atom. The highest BCUT2D eigenvalue weighted by atomic mass is 16.5. The second-order valence-corrected chi connectivity index (χ2v) is 8.45. The van der Waals surface area contributed by atoms with E-state index in [0.717, 1.165) is 16.7 Å². The normalized spacial score (nSPS) is 15.0. The van der Waals surface area contributed by atoms with Gasteiger partial charge >= 0.3 is 0 Å². The molecule has 1 rings (SSSR count). The Morgan fingerprint density at radius 3 is 2.06 bits per heavy atom. The lowest BCUT2D eigenvalue weighted by Gasteiger charge is -2.26. The second kappa shape index (κ2) is 13.3. The molecule has 0 heterocycles. The number of carbonyl (C=O) groups is 3. The number of aliphatic hydroxyl groups excluding tert-OH is 1. The number of carbonyl (C=O) groups excluding carboxylic acids is 3. The van der Waals surface area contributed by atoms with Crippen molar-refractivity contribution in [1.82, 2.24) is 10.6 Å². The molecule has 32 heavy (non-hydrogen) atoms. The zero-order valence-corrected chi connectivity index (χ0v) is 19.7. The van der Waals surface area contributed by atoms with Crippen LogP contribution in [0.3, 0.4) is 0 Å². The van der Waals surface area contributed by atoms with Crippen LogP contribution in [0.25, 0.3) is 0 Å². The van der Waals surface area contributed by atoms with Crippen molar-refractivity contribution in [2.75, 3.05) is 13.1 Å². The first-order valence-corrected chi connectivity index (χ1v) is 10.9. The van der Waals surface area contributed by atoms with Crippen molar-refractivity contribution in [1.29, 1.82) is 0 Å². The fourth-order valence-corrected chi connectivity index (χ4v) is 3.35. The molecule has 0 aliphatic carbocycles. The maximum atomic E-state index is 12.8. The van der Waals surface area contributed by atoms with Crippen LogP contribution in [0.15, 0.2) is 18.2 Å². The van der Waals surface area contributed by atoms with Crippen LogP contribution in [0.2, 0.25) is 0 Å². The summed E-state index contributed by atoms with van der Waals surface area (Å²) in [5.74, 6) is -1.82. The number of nitrogens with two attached hydrogens (primary N) is 2. The molecule has 0 bridgehead atoms. The van der Waals surface area contributed by atoms with E-state index in [1.807, 2.05) is 32.0 Å². The van der Waals surface area contributed by atoms with Crippen molar-refractivity contribution >= 4 is 17.6 Å². The van der Waals surface area contributed by atoms with E-state index in [0.29, 0.717) is 0 Å². The van der Waals surface area contributed by atoms with E-state index >= 15 is 0 Å². The van der Waals surface area contributed by atoms with Gasteiger partial charge in [0.15, 0.2) is 5.78 Å². The van der Waals surface area contributed by atoms with Gasteiger partial charge in [-0.3, -0.25) is 14.4 Å². The molecule has 1 unspecified atom stereocenters. The number of rotatable bonds is 13. The molecule has 0 spiro atoms. The topological polar surface area (TPSA) is 157 Å². The number of hydrogen-bond donors (Lipinski definition) is 5. The van der Waals surface area contributed by atoms with Crippen molar-refractivity contribution < 1.29 is 24.2 Å². The minimum atomic E-state index is -1.28. The van der Waals surface area contributed by atoms with E-state index in [1.54, 1.807) is 13.8 Å². The zero-order chi connectivity index (χ0) is 24.4. The lowest BCUT2D eigenvalue weighted by atomic mass is 10.0.